The molecule has 2 heterocycles. The van der Waals surface area contributed by atoms with Crippen LogP contribution in [0.5, 0.6) is 5.75 Å². The number of benzene rings is 4. The van der Waals surface area contributed by atoms with Crippen molar-refractivity contribution in [3.63, 3.8) is 0 Å². The first-order valence-electron chi connectivity index (χ1n) is 16.6. The summed E-state index contributed by atoms with van der Waals surface area (Å²) in [6.45, 7) is 7.51. The molecular weight excluding hydrogens is 767 g/mol. The fourth-order valence-electron chi connectivity index (χ4n) is 7.93. The van der Waals surface area contributed by atoms with Crippen LogP contribution in [0.2, 0.25) is 23.7 Å². The highest BCUT2D eigenvalue weighted by atomic mass is 127. The van der Waals surface area contributed by atoms with E-state index in [4.69, 9.17) is 21.1 Å². The molecule has 4 aromatic rings. The van der Waals surface area contributed by atoms with E-state index in [9.17, 15) is 9.90 Å². The Bertz CT molecular complexity index is 1810. The summed E-state index contributed by atoms with van der Waals surface area (Å²) in [6.07, 6.45) is -0.478. The van der Waals surface area contributed by atoms with E-state index in [0.29, 0.717) is 18.1 Å². The molecule has 49 heavy (non-hydrogen) atoms. The Morgan fingerprint density at radius 2 is 1.71 bits per heavy atom. The number of fused-ring (bicyclic) bond motifs is 2. The number of amides is 2. The van der Waals surface area contributed by atoms with Crippen LogP contribution in [0.3, 0.4) is 0 Å². The second kappa shape index (κ2) is 14.6. The molecule has 0 unspecified atom stereocenters. The number of nitrogens with zero attached hydrogens (tertiary/aromatic N) is 2. The van der Waals surface area contributed by atoms with Gasteiger partial charge in [0.25, 0.3) is 5.91 Å². The Morgan fingerprint density at radius 1 is 1.02 bits per heavy atom. The zero-order valence-electron chi connectivity index (χ0n) is 28.2. The van der Waals surface area contributed by atoms with Crippen LogP contribution < -0.4 is 14.8 Å². The zero-order chi connectivity index (χ0) is 34.9. The number of rotatable bonds is 11. The molecule has 4 aromatic carbocycles. The van der Waals surface area contributed by atoms with Gasteiger partial charge < -0.3 is 24.4 Å². The lowest BCUT2D eigenvalue weighted by Gasteiger charge is -2.37. The summed E-state index contributed by atoms with van der Waals surface area (Å²) in [5, 5.41) is 11.7. The third-order valence-electron chi connectivity index (χ3n) is 10.4. The van der Waals surface area contributed by atoms with Gasteiger partial charge >= 0.3 is 0 Å². The van der Waals surface area contributed by atoms with Crippen molar-refractivity contribution in [3.05, 3.63) is 122 Å². The lowest BCUT2D eigenvalue weighted by molar-refractivity contribution is -0.150. The van der Waals surface area contributed by atoms with Crippen LogP contribution in [0, 0.1) is 9.49 Å². The van der Waals surface area contributed by atoms with Gasteiger partial charge in [-0.25, -0.2) is 0 Å². The van der Waals surface area contributed by atoms with Gasteiger partial charge in [0, 0.05) is 33.2 Å². The molecule has 7 nitrogen and oxygen atoms in total. The lowest BCUT2D eigenvalue weighted by Crippen LogP contribution is -2.52. The highest BCUT2D eigenvalue weighted by Crippen LogP contribution is 2.60. The Morgan fingerprint density at radius 3 is 2.37 bits per heavy atom. The predicted octanol–water partition coefficient (Wildman–Crippen LogP) is 7.13. The minimum absolute atomic E-state index is 0.0798. The van der Waals surface area contributed by atoms with Crippen molar-refractivity contribution in [2.24, 2.45) is 5.92 Å². The number of aliphatic hydroxyl groups excluding tert-OH is 1. The molecule has 256 valence electrons. The summed E-state index contributed by atoms with van der Waals surface area (Å²) in [7, 11) is -0.816. The number of aliphatic hydroxyl groups is 1. The quantitative estimate of drug-likeness (QED) is 0.129. The molecule has 2 aliphatic heterocycles. The minimum Gasteiger partial charge on any atom is -0.497 e. The normalized spacial score (nSPS) is 21.7. The molecule has 10 heteroatoms. The van der Waals surface area contributed by atoms with E-state index in [1.807, 2.05) is 89.8 Å². The molecule has 0 aliphatic carbocycles. The smallest absolute Gasteiger partial charge is 0.264 e. The van der Waals surface area contributed by atoms with Gasteiger partial charge in [-0.05, 0) is 81.7 Å². The fourth-order valence-corrected chi connectivity index (χ4v) is 12.5. The Labute approximate surface area is 308 Å². The van der Waals surface area contributed by atoms with Crippen molar-refractivity contribution in [3.8, 4) is 5.75 Å². The first-order chi connectivity index (χ1) is 23.5. The van der Waals surface area contributed by atoms with E-state index in [-0.39, 0.29) is 42.8 Å². The van der Waals surface area contributed by atoms with E-state index in [0.717, 1.165) is 31.7 Å². The maximum atomic E-state index is 15.0. The van der Waals surface area contributed by atoms with Crippen LogP contribution >= 0.6 is 34.2 Å². The monoisotopic (exact) mass is 808 g/mol. The molecule has 1 spiro atoms. The maximum Gasteiger partial charge on any atom is 0.264 e. The number of methoxy groups -OCH3 is 1. The predicted molar refractivity (Wildman–Crippen MR) is 205 cm³/mol. The molecule has 0 radical (unpaired) electrons. The second-order valence-electron chi connectivity index (χ2n) is 13.6. The third kappa shape index (κ3) is 6.80. The summed E-state index contributed by atoms with van der Waals surface area (Å²) in [5.74, 6) is 0.241. The van der Waals surface area contributed by atoms with Gasteiger partial charge in [0.1, 0.15) is 5.75 Å². The standard InChI is InChI=1S/C39H42ClIN2O5Si/c1-26-37(49(3,4)32-17-15-31(47-2)16-18-32)35(23-36(45)42(20-21-44)24-27-8-6-5-7-9-27)48-39(26)33-22-29(40)12-19-34(33)43(38(39)46)25-28-10-13-30(41)14-11-28/h5-19,22,26,35,37,44H,20-21,23-25H2,1-4H3/t26-,35+,37-,39+/m1/s1. The molecule has 0 bridgehead atoms. The number of halogens is 2. The van der Waals surface area contributed by atoms with E-state index in [2.05, 4.69) is 54.7 Å². The maximum absolute atomic E-state index is 15.0. The second-order valence-corrected chi connectivity index (χ2v) is 19.9. The van der Waals surface area contributed by atoms with Crippen LogP contribution in [0.25, 0.3) is 0 Å². The topological polar surface area (TPSA) is 79.3 Å². The average Bonchev–Trinajstić information content (AvgIpc) is 3.51. The summed E-state index contributed by atoms with van der Waals surface area (Å²) >= 11 is 8.94. The highest BCUT2D eigenvalue weighted by molar-refractivity contribution is 14.1. The Balaban J connectivity index is 1.42. The molecule has 1 N–H and O–H groups in total. The van der Waals surface area contributed by atoms with Gasteiger partial charge in [-0.1, -0.05) is 91.4 Å². The number of hydrogen-bond acceptors (Lipinski definition) is 5. The van der Waals surface area contributed by atoms with Gasteiger partial charge in [0.15, 0.2) is 5.60 Å². The molecule has 0 aromatic heterocycles. The first-order valence-corrected chi connectivity index (χ1v) is 21.1. The molecular formula is C39H42ClIN2O5Si. The van der Waals surface area contributed by atoms with Crippen molar-refractivity contribution in [1.82, 2.24) is 4.90 Å². The highest BCUT2D eigenvalue weighted by Gasteiger charge is 2.66. The third-order valence-corrected chi connectivity index (χ3v) is 15.7. The summed E-state index contributed by atoms with van der Waals surface area (Å²) in [4.78, 5) is 32.7. The van der Waals surface area contributed by atoms with Crippen molar-refractivity contribution in [2.75, 3.05) is 25.2 Å². The van der Waals surface area contributed by atoms with Crippen molar-refractivity contribution in [2.45, 2.75) is 56.8 Å². The van der Waals surface area contributed by atoms with E-state index < -0.39 is 19.8 Å². The van der Waals surface area contributed by atoms with Crippen LogP contribution in [-0.4, -0.2) is 56.3 Å². The van der Waals surface area contributed by atoms with Gasteiger partial charge in [0.2, 0.25) is 5.91 Å². The largest absolute Gasteiger partial charge is 0.497 e. The Hall–Kier alpha value is -3.22. The van der Waals surface area contributed by atoms with Gasteiger partial charge in [0.05, 0.1) is 46.5 Å². The number of anilines is 1. The number of hydrogen-bond donors (Lipinski definition) is 1. The molecule has 4 atom stereocenters. The fraction of sp³-hybridized carbons (Fsp3) is 0.333. The van der Waals surface area contributed by atoms with Crippen LogP contribution in [-0.2, 0) is 33.0 Å². The molecule has 1 fully saturated rings. The summed E-state index contributed by atoms with van der Waals surface area (Å²) < 4.78 is 13.8. The first kappa shape index (κ1) is 35.6. The van der Waals surface area contributed by atoms with Crippen molar-refractivity contribution >= 4 is 65.0 Å². The van der Waals surface area contributed by atoms with E-state index in [1.165, 1.54) is 5.19 Å². The number of carbonyl (C=O) groups is 2. The number of ether oxygens (including phenoxy) is 2. The van der Waals surface area contributed by atoms with Crippen molar-refractivity contribution < 1.29 is 24.2 Å². The molecule has 0 saturated carbocycles. The number of carbonyl (C=O) groups excluding carboxylic acids is 2. The van der Waals surface area contributed by atoms with Crippen LogP contribution in [0.15, 0.2) is 97.1 Å². The SMILES string of the molecule is COc1ccc([Si](C)(C)[C@H]2[C@H](CC(=O)N(CCO)Cc3ccccc3)O[C@@]3(C(=O)N(Cc4ccc(I)cc4)c4ccc(Cl)cc43)[C@@H]2C)cc1. The van der Waals surface area contributed by atoms with Crippen molar-refractivity contribution in [1.29, 1.82) is 0 Å². The van der Waals surface area contributed by atoms with E-state index >= 15 is 4.79 Å². The van der Waals surface area contributed by atoms with Gasteiger partial charge in [-0.3, -0.25) is 9.59 Å². The molecule has 2 amide bonds. The molecule has 1 saturated heterocycles. The van der Waals surface area contributed by atoms with Crippen LogP contribution in [0.4, 0.5) is 5.69 Å². The zero-order valence-corrected chi connectivity index (χ0v) is 32.1. The lowest BCUT2D eigenvalue weighted by atomic mass is 9.82. The van der Waals surface area contributed by atoms with E-state index in [1.54, 1.807) is 12.0 Å². The molecule has 6 rings (SSSR count). The van der Waals surface area contributed by atoms with Gasteiger partial charge in [-0.2, -0.15) is 0 Å². The minimum atomic E-state index is -2.47. The summed E-state index contributed by atoms with van der Waals surface area (Å²) in [5.41, 5.74) is 2.07. The average molecular weight is 809 g/mol. The summed E-state index contributed by atoms with van der Waals surface area (Å²) in [6, 6.07) is 31.7. The molecule has 2 aliphatic rings. The van der Waals surface area contributed by atoms with Crippen LogP contribution in [0.1, 0.15) is 30.0 Å². The van der Waals surface area contributed by atoms with Gasteiger partial charge in [-0.15, -0.1) is 0 Å². The Kier molecular flexibility index (Phi) is 10.6.